The molecule has 0 bridgehead atoms. The summed E-state index contributed by atoms with van der Waals surface area (Å²) in [6.45, 7) is 5.65. The molecule has 0 unspecified atom stereocenters. The quantitative estimate of drug-likeness (QED) is 0.281. The van der Waals surface area contributed by atoms with Crippen LogP contribution in [0.2, 0.25) is 0 Å². The molecule has 0 aliphatic carbocycles. The Labute approximate surface area is 194 Å². The van der Waals surface area contributed by atoms with Gasteiger partial charge in [-0.05, 0) is 26.8 Å². The molecule has 3 heterocycles. The molecular weight excluding hydrogens is 434 g/mol. The smallest absolute Gasteiger partial charge is 0.298 e. The van der Waals surface area contributed by atoms with E-state index in [2.05, 4.69) is 20.4 Å². The third kappa shape index (κ3) is 3.85. The summed E-state index contributed by atoms with van der Waals surface area (Å²) < 4.78 is 1.56. The van der Waals surface area contributed by atoms with Crippen LogP contribution in [0.25, 0.3) is 27.3 Å². The van der Waals surface area contributed by atoms with E-state index in [1.54, 1.807) is 17.7 Å². The van der Waals surface area contributed by atoms with Crippen LogP contribution < -0.4 is 5.32 Å². The minimum absolute atomic E-state index is 0.377. The molecule has 0 atom stereocenters. The zero-order valence-electron chi connectivity index (χ0n) is 18.3. The van der Waals surface area contributed by atoms with Gasteiger partial charge in [-0.1, -0.05) is 48.0 Å². The van der Waals surface area contributed by atoms with Crippen molar-refractivity contribution in [2.75, 3.05) is 5.32 Å². The van der Waals surface area contributed by atoms with Crippen LogP contribution in [0.5, 0.6) is 0 Å². The number of aromatic amines is 1. The molecule has 8 heteroatoms. The highest BCUT2D eigenvalue weighted by Crippen LogP contribution is 2.27. The van der Waals surface area contributed by atoms with Crippen molar-refractivity contribution in [2.45, 2.75) is 20.8 Å². The number of hydrogen-bond donors (Lipinski definition) is 2. The number of hydrogen-bond acceptors (Lipinski definition) is 5. The van der Waals surface area contributed by atoms with Crippen LogP contribution in [0.3, 0.4) is 0 Å². The fourth-order valence-electron chi connectivity index (χ4n) is 3.81. The summed E-state index contributed by atoms with van der Waals surface area (Å²) >= 11 is 1.41. The molecule has 33 heavy (non-hydrogen) atoms. The number of para-hydroxylation sites is 1. The fourth-order valence-corrected chi connectivity index (χ4v) is 4.60. The first-order valence-corrected chi connectivity index (χ1v) is 11.3. The summed E-state index contributed by atoms with van der Waals surface area (Å²) in [6.07, 6.45) is 0. The molecule has 0 aliphatic rings. The molecule has 0 fully saturated rings. The van der Waals surface area contributed by atoms with Crippen molar-refractivity contribution in [1.82, 2.24) is 19.7 Å². The number of nitrogens with one attached hydrogen (secondary N) is 2. The van der Waals surface area contributed by atoms with Gasteiger partial charge < -0.3 is 10.3 Å². The van der Waals surface area contributed by atoms with Crippen molar-refractivity contribution in [3.05, 3.63) is 82.5 Å². The third-order valence-corrected chi connectivity index (χ3v) is 6.24. The van der Waals surface area contributed by atoms with Gasteiger partial charge >= 0.3 is 0 Å². The Kier molecular flexibility index (Phi) is 5.14. The highest BCUT2D eigenvalue weighted by Gasteiger charge is 2.24. The predicted molar refractivity (Wildman–Crippen MR) is 130 cm³/mol. The maximum atomic E-state index is 13.0. The number of Topliss-reactive ketones (excluding diaryl/α,β-unsaturated/α-hetero) is 1. The molecule has 1 amide bonds. The normalized spacial score (nSPS) is 11.1. The summed E-state index contributed by atoms with van der Waals surface area (Å²) in [7, 11) is 0. The first kappa shape index (κ1) is 20.8. The van der Waals surface area contributed by atoms with Crippen LogP contribution >= 0.6 is 11.3 Å². The number of aromatic nitrogens is 4. The largest absolute Gasteiger partial charge is 0.358 e. The number of aryl methyl sites for hydroxylation is 3. The van der Waals surface area contributed by atoms with Gasteiger partial charge in [0.1, 0.15) is 5.82 Å². The Morgan fingerprint density at radius 2 is 1.79 bits per heavy atom. The van der Waals surface area contributed by atoms with Gasteiger partial charge in [-0.25, -0.2) is 4.98 Å². The van der Waals surface area contributed by atoms with Crippen molar-refractivity contribution in [3.8, 4) is 16.4 Å². The number of carbonyl (C=O) groups is 2. The maximum Gasteiger partial charge on any atom is 0.298 e. The topological polar surface area (TPSA) is 92.7 Å². The zero-order valence-corrected chi connectivity index (χ0v) is 19.2. The van der Waals surface area contributed by atoms with Crippen LogP contribution in [0, 0.1) is 20.8 Å². The van der Waals surface area contributed by atoms with Crippen LogP contribution in [0.4, 0.5) is 5.82 Å². The van der Waals surface area contributed by atoms with Gasteiger partial charge in [0.05, 0.1) is 17.0 Å². The molecule has 0 aliphatic heterocycles. The summed E-state index contributed by atoms with van der Waals surface area (Å²) in [6, 6.07) is 17.3. The number of ketones is 1. The third-order valence-electron chi connectivity index (χ3n) is 5.42. The van der Waals surface area contributed by atoms with E-state index in [0.29, 0.717) is 27.9 Å². The molecule has 7 nitrogen and oxygen atoms in total. The van der Waals surface area contributed by atoms with Gasteiger partial charge in [0.25, 0.3) is 11.7 Å². The number of amides is 1. The van der Waals surface area contributed by atoms with Gasteiger partial charge in [-0.2, -0.15) is 9.78 Å². The van der Waals surface area contributed by atoms with E-state index in [0.717, 1.165) is 22.2 Å². The van der Waals surface area contributed by atoms with Crippen molar-refractivity contribution in [2.24, 2.45) is 0 Å². The van der Waals surface area contributed by atoms with Crippen LogP contribution in [-0.2, 0) is 4.79 Å². The number of carbonyl (C=O) groups excluding carboxylic acids is 2. The minimum Gasteiger partial charge on any atom is -0.358 e. The summed E-state index contributed by atoms with van der Waals surface area (Å²) in [4.78, 5) is 33.8. The molecule has 0 saturated heterocycles. The van der Waals surface area contributed by atoms with Gasteiger partial charge in [0.2, 0.25) is 5.13 Å². The Balaban J connectivity index is 1.44. The van der Waals surface area contributed by atoms with Gasteiger partial charge in [0.15, 0.2) is 0 Å². The van der Waals surface area contributed by atoms with Gasteiger partial charge in [-0.15, -0.1) is 11.3 Å². The van der Waals surface area contributed by atoms with Crippen molar-refractivity contribution >= 4 is 39.7 Å². The van der Waals surface area contributed by atoms with Crippen LogP contribution in [-0.4, -0.2) is 31.4 Å². The second-order valence-corrected chi connectivity index (χ2v) is 8.75. The van der Waals surface area contributed by atoms with Crippen LogP contribution in [0.15, 0.2) is 60.0 Å². The Morgan fingerprint density at radius 3 is 2.58 bits per heavy atom. The lowest BCUT2D eigenvalue weighted by molar-refractivity contribution is -0.112. The first-order valence-electron chi connectivity index (χ1n) is 10.4. The number of nitrogens with zero attached hydrogens (tertiary/aromatic N) is 3. The molecule has 2 aromatic carbocycles. The van der Waals surface area contributed by atoms with Crippen molar-refractivity contribution in [1.29, 1.82) is 0 Å². The SMILES string of the molecule is Cc1ccc(-c2csc(-n3nc(C)cc3NC(=O)C(=O)c3c(C)[nH]c4ccccc34)n2)cc1. The molecule has 0 radical (unpaired) electrons. The van der Waals surface area contributed by atoms with E-state index in [1.165, 1.54) is 16.9 Å². The van der Waals surface area contributed by atoms with E-state index < -0.39 is 11.7 Å². The minimum atomic E-state index is -0.723. The molecule has 164 valence electrons. The van der Waals surface area contributed by atoms with E-state index >= 15 is 0 Å². The summed E-state index contributed by atoms with van der Waals surface area (Å²) in [5, 5.41) is 10.5. The Morgan fingerprint density at radius 1 is 1.03 bits per heavy atom. The van der Waals surface area contributed by atoms with E-state index in [4.69, 9.17) is 0 Å². The van der Waals surface area contributed by atoms with Crippen molar-refractivity contribution < 1.29 is 9.59 Å². The summed E-state index contributed by atoms with van der Waals surface area (Å²) in [5.74, 6) is -0.928. The molecule has 0 saturated carbocycles. The standard InChI is InChI=1S/C25H21N5O2S/c1-14-8-10-17(11-9-14)20-13-33-25(27-20)30-21(12-15(2)29-30)28-24(32)23(31)22-16(3)26-19-7-5-4-6-18(19)22/h4-13,26H,1-3H3,(H,28,32). The number of benzene rings is 2. The predicted octanol–water partition coefficient (Wildman–Crippen LogP) is 5.22. The first-order chi connectivity index (χ1) is 15.9. The number of rotatable bonds is 5. The van der Waals surface area contributed by atoms with Crippen LogP contribution in [0.1, 0.15) is 27.3 Å². The highest BCUT2D eigenvalue weighted by atomic mass is 32.1. The lowest BCUT2D eigenvalue weighted by atomic mass is 10.1. The lowest BCUT2D eigenvalue weighted by Crippen LogP contribution is -2.24. The van der Waals surface area contributed by atoms with Gasteiger partial charge in [0, 0.05) is 33.6 Å². The average Bonchev–Trinajstić information content (AvgIpc) is 3.50. The monoisotopic (exact) mass is 455 g/mol. The molecule has 5 rings (SSSR count). The molecule has 2 N–H and O–H groups in total. The highest BCUT2D eigenvalue weighted by molar-refractivity contribution is 7.12. The average molecular weight is 456 g/mol. The Hall–Kier alpha value is -4.04. The second kappa shape index (κ2) is 8.14. The molecule has 0 spiro atoms. The molecule has 3 aromatic heterocycles. The fraction of sp³-hybridized carbons (Fsp3) is 0.120. The maximum absolute atomic E-state index is 13.0. The molecular formula is C25H21N5O2S. The van der Waals surface area contributed by atoms with Crippen molar-refractivity contribution in [3.63, 3.8) is 0 Å². The van der Waals surface area contributed by atoms with E-state index in [-0.39, 0.29) is 0 Å². The number of anilines is 1. The number of H-pyrrole nitrogens is 1. The van der Waals surface area contributed by atoms with E-state index in [1.807, 2.05) is 67.8 Å². The second-order valence-electron chi connectivity index (χ2n) is 7.92. The summed E-state index contributed by atoms with van der Waals surface area (Å²) in [5.41, 5.74) is 5.56. The number of thiazole rings is 1. The van der Waals surface area contributed by atoms with E-state index in [9.17, 15) is 9.59 Å². The Bertz CT molecular complexity index is 1510. The van der Waals surface area contributed by atoms with Gasteiger partial charge in [-0.3, -0.25) is 9.59 Å². The zero-order chi connectivity index (χ0) is 23.1. The molecule has 5 aromatic rings. The lowest BCUT2D eigenvalue weighted by Gasteiger charge is -2.06. The number of fused-ring (bicyclic) bond motifs is 1.